The van der Waals surface area contributed by atoms with Gasteiger partial charge in [0, 0.05) is 7.11 Å². The fraction of sp³-hybridized carbons (Fsp3) is 0.583. The molecule has 0 saturated carbocycles. The molecule has 0 radical (unpaired) electrons. The molecule has 25 heavy (non-hydrogen) atoms. The summed E-state index contributed by atoms with van der Waals surface area (Å²) in [5.74, 6) is -0.0478. The number of aliphatic hydroxyl groups is 3. The van der Waals surface area contributed by atoms with E-state index in [1.165, 1.54) is 17.8 Å². The second-order valence-corrected chi connectivity index (χ2v) is 7.37. The van der Waals surface area contributed by atoms with Crippen LogP contribution in [0, 0.1) is 0 Å². The van der Waals surface area contributed by atoms with Gasteiger partial charge in [0.1, 0.15) is 24.1 Å². The first kappa shape index (κ1) is 18.1. The Hall–Kier alpha value is -1.66. The second kappa shape index (κ2) is 6.25. The van der Waals surface area contributed by atoms with Crippen LogP contribution in [0.4, 0.5) is 5.82 Å². The normalized spacial score (nSPS) is 32.0. The Morgan fingerprint density at radius 2 is 2.20 bits per heavy atom. The quantitative estimate of drug-likeness (QED) is 0.405. The number of anilines is 1. The van der Waals surface area contributed by atoms with Gasteiger partial charge in [-0.15, -0.1) is 0 Å². The topological polar surface area (TPSA) is 172 Å². The number of hydrogen-bond donors (Lipinski definition) is 5. The van der Waals surface area contributed by atoms with Gasteiger partial charge in [-0.05, 0) is 6.92 Å². The van der Waals surface area contributed by atoms with Crippen molar-refractivity contribution in [2.24, 2.45) is 0 Å². The lowest BCUT2D eigenvalue weighted by Crippen LogP contribution is -2.44. The molecule has 1 saturated heterocycles. The molecule has 2 aromatic rings. The average molecular weight is 375 g/mol. The number of aliphatic hydroxyl groups excluding tert-OH is 2. The van der Waals surface area contributed by atoms with E-state index >= 15 is 0 Å². The van der Waals surface area contributed by atoms with Crippen molar-refractivity contribution in [1.29, 1.82) is 0 Å². The lowest BCUT2D eigenvalue weighted by Gasteiger charge is -2.27. The van der Waals surface area contributed by atoms with Crippen LogP contribution in [-0.2, 0) is 13.8 Å². The molecule has 5 N–H and O–H groups in total. The maximum absolute atomic E-state index is 11.7. The largest absolute Gasteiger partial charge is 0.431 e. The van der Waals surface area contributed by atoms with E-state index in [0.29, 0.717) is 0 Å². The zero-order valence-corrected chi connectivity index (χ0v) is 14.2. The van der Waals surface area contributed by atoms with Gasteiger partial charge in [0.25, 0.3) is 0 Å². The molecule has 3 rings (SSSR count). The van der Waals surface area contributed by atoms with E-state index < -0.39 is 38.4 Å². The Balaban J connectivity index is 2.04. The van der Waals surface area contributed by atoms with Crippen molar-refractivity contribution in [2.75, 3.05) is 18.8 Å². The van der Waals surface area contributed by atoms with Crippen LogP contribution in [0.2, 0.25) is 0 Å². The van der Waals surface area contributed by atoms with Crippen molar-refractivity contribution in [3.8, 4) is 0 Å². The molecule has 0 aromatic carbocycles. The molecule has 0 aliphatic carbocycles. The van der Waals surface area contributed by atoms with Crippen LogP contribution in [0.3, 0.4) is 0 Å². The Bertz CT molecular complexity index is 827. The van der Waals surface area contributed by atoms with Gasteiger partial charge < -0.3 is 24.9 Å². The molecule has 3 heterocycles. The number of fused-ring (bicyclic) bond motifs is 1. The van der Waals surface area contributed by atoms with Gasteiger partial charge in [-0.1, -0.05) is 0 Å². The first-order valence-corrected chi connectivity index (χ1v) is 8.80. The predicted molar refractivity (Wildman–Crippen MR) is 83.4 cm³/mol. The summed E-state index contributed by atoms with van der Waals surface area (Å²) in [6.07, 6.45) is -0.989. The van der Waals surface area contributed by atoms with E-state index in [0.717, 1.165) is 13.4 Å². The Kier molecular flexibility index (Phi) is 4.54. The highest BCUT2D eigenvalue weighted by Gasteiger charge is 2.53. The molecule has 2 aromatic heterocycles. The van der Waals surface area contributed by atoms with Crippen molar-refractivity contribution in [2.45, 2.75) is 31.0 Å². The number of ether oxygens (including phenoxy) is 1. The van der Waals surface area contributed by atoms with Gasteiger partial charge in [-0.3, -0.25) is 14.2 Å². The van der Waals surface area contributed by atoms with Crippen LogP contribution in [0.15, 0.2) is 12.7 Å². The minimum Gasteiger partial charge on any atom is -0.394 e. The molecule has 138 valence electrons. The van der Waals surface area contributed by atoms with E-state index in [1.54, 1.807) is 0 Å². The highest BCUT2D eigenvalue weighted by Crippen LogP contribution is 2.43. The molecule has 1 aliphatic heterocycles. The van der Waals surface area contributed by atoms with Crippen LogP contribution in [0.5, 0.6) is 0 Å². The maximum Gasteiger partial charge on any atom is 0.431 e. The van der Waals surface area contributed by atoms with Crippen molar-refractivity contribution in [3.63, 3.8) is 0 Å². The standard InChI is InChI=1S/C12H18N5O7P/c1-12(20)8(19)6(3-18)24-11(12)17-5-15-7-9(13-4-14-10(7)17)16-25(21,22)23-2/h4-6,8,11,18-20H,3H2,1-2H3,(H2,13,14,16,21,22)/t6-,8-,11?,12-/m1/s1. The molecule has 12 nitrogen and oxygen atoms in total. The SMILES string of the molecule is COP(=O)(O)Nc1ncnc2c1ncn2C1O[C@H](CO)[C@@H](O)[C@@]1(C)O. The van der Waals surface area contributed by atoms with Crippen LogP contribution in [0.1, 0.15) is 13.2 Å². The molecule has 2 unspecified atom stereocenters. The van der Waals surface area contributed by atoms with Crippen LogP contribution >= 0.6 is 7.75 Å². The van der Waals surface area contributed by atoms with Gasteiger partial charge in [-0.25, -0.2) is 19.5 Å². The van der Waals surface area contributed by atoms with Gasteiger partial charge >= 0.3 is 7.75 Å². The van der Waals surface area contributed by atoms with Gasteiger partial charge in [0.15, 0.2) is 23.2 Å². The molecule has 13 heteroatoms. The predicted octanol–water partition coefficient (Wildman–Crippen LogP) is -1.01. The van der Waals surface area contributed by atoms with Gasteiger partial charge in [0.2, 0.25) is 0 Å². The van der Waals surface area contributed by atoms with Crippen molar-refractivity contribution < 1.29 is 34.0 Å². The van der Waals surface area contributed by atoms with E-state index in [9.17, 15) is 24.8 Å². The fourth-order valence-corrected chi connectivity index (χ4v) is 3.20. The van der Waals surface area contributed by atoms with Crippen LogP contribution in [-0.4, -0.2) is 71.3 Å². The van der Waals surface area contributed by atoms with Crippen molar-refractivity contribution >= 4 is 24.7 Å². The number of aromatic nitrogens is 4. The summed E-state index contributed by atoms with van der Waals surface area (Å²) in [4.78, 5) is 21.5. The number of nitrogens with zero attached hydrogens (tertiary/aromatic N) is 4. The maximum atomic E-state index is 11.7. The Morgan fingerprint density at radius 3 is 2.80 bits per heavy atom. The highest BCUT2D eigenvalue weighted by atomic mass is 31.2. The lowest BCUT2D eigenvalue weighted by molar-refractivity contribution is -0.0950. The summed E-state index contributed by atoms with van der Waals surface area (Å²) in [7, 11) is -3.05. The molecule has 1 aliphatic rings. The van der Waals surface area contributed by atoms with Crippen LogP contribution in [0.25, 0.3) is 11.2 Å². The molecule has 0 spiro atoms. The van der Waals surface area contributed by atoms with Gasteiger partial charge in [0.05, 0.1) is 12.9 Å². The average Bonchev–Trinajstić information content (AvgIpc) is 3.08. The zero-order valence-electron chi connectivity index (χ0n) is 13.3. The molecule has 0 bridgehead atoms. The summed E-state index contributed by atoms with van der Waals surface area (Å²) in [6, 6.07) is 0. The summed E-state index contributed by atoms with van der Waals surface area (Å²) in [6.45, 7) is 0.876. The molecule has 5 atom stereocenters. The first-order chi connectivity index (χ1) is 11.7. The van der Waals surface area contributed by atoms with E-state index in [1.807, 2.05) is 0 Å². The van der Waals surface area contributed by atoms with Crippen LogP contribution < -0.4 is 5.09 Å². The second-order valence-electron chi connectivity index (χ2n) is 5.74. The monoisotopic (exact) mass is 375 g/mol. The fourth-order valence-electron chi connectivity index (χ4n) is 2.68. The molecular weight excluding hydrogens is 357 g/mol. The summed E-state index contributed by atoms with van der Waals surface area (Å²) >= 11 is 0. The number of imidazole rings is 1. The first-order valence-electron chi connectivity index (χ1n) is 7.22. The molecule has 0 amide bonds. The number of rotatable bonds is 5. The minimum atomic E-state index is -4.11. The van der Waals surface area contributed by atoms with Crippen molar-refractivity contribution in [1.82, 2.24) is 19.5 Å². The Labute approximate surface area is 141 Å². The summed E-state index contributed by atoms with van der Waals surface area (Å²) < 4.78 is 23.0. The summed E-state index contributed by atoms with van der Waals surface area (Å²) in [5.41, 5.74) is -1.40. The smallest absolute Gasteiger partial charge is 0.394 e. The minimum absolute atomic E-state index is 0.0478. The number of hydrogen-bond acceptors (Lipinski definition) is 9. The third kappa shape index (κ3) is 3.02. The Morgan fingerprint density at radius 1 is 1.48 bits per heavy atom. The zero-order chi connectivity index (χ0) is 18.4. The van der Waals surface area contributed by atoms with Gasteiger partial charge in [-0.2, -0.15) is 0 Å². The molecular formula is C12H18N5O7P. The summed E-state index contributed by atoms with van der Waals surface area (Å²) in [5, 5.41) is 32.1. The molecule has 1 fully saturated rings. The van der Waals surface area contributed by atoms with Crippen molar-refractivity contribution in [3.05, 3.63) is 12.7 Å². The van der Waals surface area contributed by atoms with E-state index in [2.05, 4.69) is 24.6 Å². The number of nitrogens with one attached hydrogen (secondary N) is 1. The third-order valence-electron chi connectivity index (χ3n) is 4.04. The third-order valence-corrected chi connectivity index (χ3v) is 5.03. The lowest BCUT2D eigenvalue weighted by atomic mass is 9.96. The van der Waals surface area contributed by atoms with E-state index in [-0.39, 0.29) is 17.0 Å². The highest BCUT2D eigenvalue weighted by molar-refractivity contribution is 7.54. The van der Waals surface area contributed by atoms with E-state index in [4.69, 9.17) is 4.74 Å².